The van der Waals surface area contributed by atoms with Crippen LogP contribution < -0.4 is 5.32 Å². The Morgan fingerprint density at radius 2 is 1.74 bits per heavy atom. The van der Waals surface area contributed by atoms with E-state index in [1.54, 1.807) is 0 Å². The van der Waals surface area contributed by atoms with Gasteiger partial charge in [0.05, 0.1) is 5.41 Å². The average molecular weight is 388 g/mol. The molecule has 4 bridgehead atoms. The summed E-state index contributed by atoms with van der Waals surface area (Å²) >= 11 is 6.87. The van der Waals surface area contributed by atoms with Gasteiger partial charge in [-0.15, -0.1) is 11.6 Å². The van der Waals surface area contributed by atoms with Crippen molar-refractivity contribution in [1.29, 1.82) is 0 Å². The van der Waals surface area contributed by atoms with Crippen molar-refractivity contribution in [3.8, 4) is 0 Å². The summed E-state index contributed by atoms with van der Waals surface area (Å²) in [5, 5.41) is 3.00. The summed E-state index contributed by atoms with van der Waals surface area (Å²) in [5.74, 6) is 0.613. The maximum absolute atomic E-state index is 13.4. The minimum Gasteiger partial charge on any atom is -0.447 e. The van der Waals surface area contributed by atoms with Gasteiger partial charge >= 0.3 is 5.97 Å². The molecule has 4 nitrogen and oxygen atoms in total. The van der Waals surface area contributed by atoms with Crippen LogP contribution in [0.3, 0.4) is 0 Å². The Labute approximate surface area is 165 Å². The molecule has 5 saturated carbocycles. The molecule has 1 aromatic carbocycles. The zero-order chi connectivity index (χ0) is 18.6. The third kappa shape index (κ3) is 3.26. The number of alkyl halides is 1. The van der Waals surface area contributed by atoms with Crippen molar-refractivity contribution >= 4 is 23.5 Å². The first-order chi connectivity index (χ1) is 12.9. The van der Waals surface area contributed by atoms with Gasteiger partial charge in [-0.1, -0.05) is 30.3 Å². The molecule has 5 heteroatoms. The normalized spacial score (nSPS) is 37.7. The number of hydrogen-bond donors (Lipinski definition) is 1. The highest BCUT2D eigenvalue weighted by molar-refractivity contribution is 6.24. The second-order valence-corrected chi connectivity index (χ2v) is 10.2. The van der Waals surface area contributed by atoms with E-state index in [-0.39, 0.29) is 22.8 Å². The smallest absolute Gasteiger partial charge is 0.313 e. The van der Waals surface area contributed by atoms with Gasteiger partial charge in [0.25, 0.3) is 5.91 Å². The van der Waals surface area contributed by atoms with Gasteiger partial charge in [-0.3, -0.25) is 9.59 Å². The first kappa shape index (κ1) is 17.5. The standard InChI is InChI=1S/C22H26ClNO3/c23-22-11-14-8-15(12-22)10-21(9-14,13-22)20(26)27-18(16-4-2-1-3-5-16)19(25)24-17-6-7-17/h1-5,14-15,17-18H,6-13H2,(H,24,25)/t14-,15+,18-,21?,22?/m1/s1. The van der Waals surface area contributed by atoms with E-state index in [9.17, 15) is 9.59 Å². The topological polar surface area (TPSA) is 55.4 Å². The van der Waals surface area contributed by atoms with Gasteiger partial charge < -0.3 is 10.1 Å². The van der Waals surface area contributed by atoms with Crippen molar-refractivity contribution in [3.05, 3.63) is 35.9 Å². The molecule has 1 N–H and O–H groups in total. The molecular formula is C22H26ClNO3. The Morgan fingerprint density at radius 1 is 1.07 bits per heavy atom. The fraction of sp³-hybridized carbons (Fsp3) is 0.636. The van der Waals surface area contributed by atoms with Gasteiger partial charge in [0.2, 0.25) is 6.10 Å². The molecule has 1 amide bonds. The van der Waals surface area contributed by atoms with E-state index >= 15 is 0 Å². The molecule has 6 rings (SSSR count). The lowest BCUT2D eigenvalue weighted by atomic mass is 9.49. The number of amides is 1. The van der Waals surface area contributed by atoms with Crippen molar-refractivity contribution in [1.82, 2.24) is 5.32 Å². The summed E-state index contributed by atoms with van der Waals surface area (Å²) < 4.78 is 5.95. The van der Waals surface area contributed by atoms with Crippen molar-refractivity contribution in [2.24, 2.45) is 17.3 Å². The fourth-order valence-corrected chi connectivity index (χ4v) is 6.72. The molecule has 0 radical (unpaired) electrons. The van der Waals surface area contributed by atoms with E-state index in [2.05, 4.69) is 5.32 Å². The van der Waals surface area contributed by atoms with Crippen LogP contribution in [0.25, 0.3) is 0 Å². The monoisotopic (exact) mass is 387 g/mol. The molecule has 5 atom stereocenters. The highest BCUT2D eigenvalue weighted by Gasteiger charge is 2.61. The molecule has 0 spiro atoms. The minimum atomic E-state index is -0.876. The van der Waals surface area contributed by atoms with Gasteiger partial charge in [0, 0.05) is 16.5 Å². The maximum Gasteiger partial charge on any atom is 0.313 e. The van der Waals surface area contributed by atoms with Gasteiger partial charge in [0.15, 0.2) is 0 Å². The molecule has 5 fully saturated rings. The highest BCUT2D eigenvalue weighted by Crippen LogP contribution is 2.64. The SMILES string of the molecule is O=C(NC1CC1)[C@H](OC(=O)C12C[C@@H]3C[C@@H](CC(Cl)(C3)C1)C2)c1ccccc1. The Bertz CT molecular complexity index is 746. The number of ether oxygens (including phenoxy) is 1. The van der Waals surface area contributed by atoms with Crippen LogP contribution in [0.5, 0.6) is 0 Å². The van der Waals surface area contributed by atoms with E-state index in [0.29, 0.717) is 18.3 Å². The lowest BCUT2D eigenvalue weighted by molar-refractivity contribution is -0.178. The van der Waals surface area contributed by atoms with Crippen LogP contribution in [0, 0.1) is 17.3 Å². The highest BCUT2D eigenvalue weighted by atomic mass is 35.5. The van der Waals surface area contributed by atoms with E-state index in [4.69, 9.17) is 16.3 Å². The Kier molecular flexibility index (Phi) is 4.05. The molecule has 0 aliphatic heterocycles. The molecule has 144 valence electrons. The fourth-order valence-electron chi connectivity index (χ4n) is 6.03. The minimum absolute atomic E-state index is 0.206. The first-order valence-electron chi connectivity index (χ1n) is 10.2. The second-order valence-electron chi connectivity index (χ2n) is 9.37. The summed E-state index contributed by atoms with van der Waals surface area (Å²) in [6.07, 6.45) is 6.78. The number of nitrogens with one attached hydrogen (secondary N) is 1. The third-order valence-electron chi connectivity index (χ3n) is 6.91. The van der Waals surface area contributed by atoms with Crippen molar-refractivity contribution < 1.29 is 14.3 Å². The van der Waals surface area contributed by atoms with Crippen LogP contribution in [0.15, 0.2) is 30.3 Å². The van der Waals surface area contributed by atoms with E-state index in [1.807, 2.05) is 30.3 Å². The lowest BCUT2D eigenvalue weighted by Gasteiger charge is -2.58. The molecule has 1 aromatic rings. The molecule has 0 heterocycles. The van der Waals surface area contributed by atoms with E-state index in [1.165, 1.54) is 6.42 Å². The van der Waals surface area contributed by atoms with Crippen LogP contribution in [0.4, 0.5) is 0 Å². The summed E-state index contributed by atoms with van der Waals surface area (Å²) in [7, 11) is 0. The quantitative estimate of drug-likeness (QED) is 0.610. The van der Waals surface area contributed by atoms with Crippen LogP contribution in [-0.2, 0) is 14.3 Å². The molecule has 0 saturated heterocycles. The Morgan fingerprint density at radius 3 is 2.33 bits per heavy atom. The number of carbonyl (C=O) groups is 2. The molecule has 27 heavy (non-hydrogen) atoms. The predicted molar refractivity (Wildman–Crippen MR) is 102 cm³/mol. The summed E-state index contributed by atoms with van der Waals surface area (Å²) in [5.41, 5.74) is 0.230. The van der Waals surface area contributed by atoms with Crippen LogP contribution >= 0.6 is 11.6 Å². The first-order valence-corrected chi connectivity index (χ1v) is 10.6. The number of rotatable bonds is 5. The molecule has 5 aliphatic carbocycles. The largest absolute Gasteiger partial charge is 0.447 e. The number of hydrogen-bond acceptors (Lipinski definition) is 3. The maximum atomic E-state index is 13.4. The van der Waals surface area contributed by atoms with Gasteiger partial charge in [-0.2, -0.15) is 0 Å². The Hall–Kier alpha value is -1.55. The van der Waals surface area contributed by atoms with Gasteiger partial charge in [-0.05, 0) is 63.2 Å². The Balaban J connectivity index is 1.39. The van der Waals surface area contributed by atoms with Gasteiger partial charge in [-0.25, -0.2) is 0 Å². The number of carbonyl (C=O) groups excluding carboxylic acids is 2. The summed E-state index contributed by atoms with van der Waals surface area (Å²) in [6, 6.07) is 9.59. The van der Waals surface area contributed by atoms with Crippen LogP contribution in [0.1, 0.15) is 63.0 Å². The van der Waals surface area contributed by atoms with E-state index < -0.39 is 11.5 Å². The second kappa shape index (κ2) is 6.23. The average Bonchev–Trinajstić information content (AvgIpc) is 3.42. The summed E-state index contributed by atoms with van der Waals surface area (Å²) in [6.45, 7) is 0. The number of esters is 1. The molecule has 2 unspecified atom stereocenters. The number of halogens is 1. The summed E-state index contributed by atoms with van der Waals surface area (Å²) in [4.78, 5) is 25.9. The van der Waals surface area contributed by atoms with Gasteiger partial charge in [0.1, 0.15) is 0 Å². The molecule has 0 aromatic heterocycles. The van der Waals surface area contributed by atoms with E-state index in [0.717, 1.165) is 44.1 Å². The molecular weight excluding hydrogens is 362 g/mol. The molecule has 5 aliphatic rings. The lowest BCUT2D eigenvalue weighted by Crippen LogP contribution is -2.56. The number of benzene rings is 1. The zero-order valence-electron chi connectivity index (χ0n) is 15.5. The third-order valence-corrected chi connectivity index (χ3v) is 7.35. The van der Waals surface area contributed by atoms with Crippen molar-refractivity contribution in [3.63, 3.8) is 0 Å². The zero-order valence-corrected chi connectivity index (χ0v) is 16.2. The van der Waals surface area contributed by atoms with Crippen molar-refractivity contribution in [2.45, 2.75) is 68.4 Å². The predicted octanol–water partition coefficient (Wildman–Crippen LogP) is 4.13. The van der Waals surface area contributed by atoms with Crippen LogP contribution in [-0.4, -0.2) is 22.8 Å². The van der Waals surface area contributed by atoms with Crippen LogP contribution in [0.2, 0.25) is 0 Å². The van der Waals surface area contributed by atoms with Crippen molar-refractivity contribution in [2.75, 3.05) is 0 Å².